The first-order valence-electron chi connectivity index (χ1n) is 19.5. The van der Waals surface area contributed by atoms with Gasteiger partial charge in [-0.2, -0.15) is 0 Å². The van der Waals surface area contributed by atoms with Gasteiger partial charge < -0.3 is 30.0 Å². The zero-order chi connectivity index (χ0) is 40.7. The molecule has 3 N–H and O–H groups in total. The van der Waals surface area contributed by atoms with Gasteiger partial charge in [0.05, 0.1) is 42.6 Å². The first-order chi connectivity index (χ1) is 26.7. The maximum atomic E-state index is 15.5. The van der Waals surface area contributed by atoms with Crippen molar-refractivity contribution in [3.8, 4) is 22.6 Å². The Morgan fingerprint density at radius 1 is 0.946 bits per heavy atom. The summed E-state index contributed by atoms with van der Waals surface area (Å²) in [6, 6.07) is 15.2. The van der Waals surface area contributed by atoms with Gasteiger partial charge in [0.2, 0.25) is 0 Å². The quantitative estimate of drug-likeness (QED) is 0.0976. The third-order valence-corrected chi connectivity index (χ3v) is 10.2. The average Bonchev–Trinajstić information content (AvgIpc) is 3.13. The number of alkyl halides is 2. The number of halogens is 3. The number of aryl methyl sites for hydroxylation is 1. The molecule has 0 bridgehead atoms. The van der Waals surface area contributed by atoms with Crippen LogP contribution in [-0.2, 0) is 22.5 Å². The molecule has 0 radical (unpaired) electrons. The molecule has 0 aromatic heterocycles. The highest BCUT2D eigenvalue weighted by Crippen LogP contribution is 2.44. The van der Waals surface area contributed by atoms with E-state index in [1.54, 1.807) is 13.0 Å². The number of hydrogen-bond donors (Lipinski definition) is 3. The van der Waals surface area contributed by atoms with Crippen molar-refractivity contribution in [1.29, 1.82) is 0 Å². The van der Waals surface area contributed by atoms with Crippen LogP contribution in [0.1, 0.15) is 81.4 Å². The highest BCUT2D eigenvalue weighted by Gasteiger charge is 2.36. The zero-order valence-electron chi connectivity index (χ0n) is 33.3. The number of aliphatic carboxylic acids is 1. The Labute approximate surface area is 327 Å². The van der Waals surface area contributed by atoms with Crippen LogP contribution < -0.4 is 20.1 Å². The molecule has 302 valence electrons. The molecular weight excluding hydrogens is 723 g/mol. The number of ether oxygens (including phenoxy) is 3. The van der Waals surface area contributed by atoms with E-state index in [1.165, 1.54) is 19.9 Å². The number of carboxylic acids is 1. The van der Waals surface area contributed by atoms with Crippen LogP contribution in [0, 0.1) is 12.7 Å². The predicted molar refractivity (Wildman–Crippen MR) is 214 cm³/mol. The van der Waals surface area contributed by atoms with Crippen molar-refractivity contribution < 1.29 is 42.1 Å². The number of carboxylic acid groups (broad SMARTS) is 1. The van der Waals surface area contributed by atoms with E-state index in [0.717, 1.165) is 46.6 Å². The fourth-order valence-electron chi connectivity index (χ4n) is 7.70. The highest BCUT2D eigenvalue weighted by atomic mass is 19.3. The van der Waals surface area contributed by atoms with Crippen molar-refractivity contribution in [3.63, 3.8) is 0 Å². The molecular formula is C44H54F3N3O6. The summed E-state index contributed by atoms with van der Waals surface area (Å²) in [5, 5.41) is 17.1. The Bertz CT molecular complexity index is 1960. The third kappa shape index (κ3) is 9.76. The fraction of sp³-hybridized carbons (Fsp3) is 0.455. The van der Waals surface area contributed by atoms with E-state index in [-0.39, 0.29) is 48.3 Å². The van der Waals surface area contributed by atoms with Crippen molar-refractivity contribution in [3.05, 3.63) is 88.7 Å². The van der Waals surface area contributed by atoms with Gasteiger partial charge in [-0.3, -0.25) is 9.69 Å². The van der Waals surface area contributed by atoms with Crippen molar-refractivity contribution in [1.82, 2.24) is 10.2 Å². The lowest BCUT2D eigenvalue weighted by Gasteiger charge is -2.35. The second-order valence-corrected chi connectivity index (χ2v) is 14.5. The zero-order valence-corrected chi connectivity index (χ0v) is 33.3. The molecule has 4 atom stereocenters. The number of fused-ring (bicyclic) bond motifs is 1. The number of nitrogens with one attached hydrogen (secondary N) is 2. The van der Waals surface area contributed by atoms with Crippen LogP contribution in [0.3, 0.4) is 0 Å². The molecule has 1 aliphatic heterocycles. The molecule has 1 fully saturated rings. The number of morpholine rings is 1. The number of carbonyl (C=O) groups excluding carboxylic acids is 1. The summed E-state index contributed by atoms with van der Waals surface area (Å²) in [7, 11) is 0. The van der Waals surface area contributed by atoms with E-state index in [2.05, 4.69) is 41.5 Å². The van der Waals surface area contributed by atoms with Crippen molar-refractivity contribution >= 4 is 28.3 Å². The van der Waals surface area contributed by atoms with Crippen LogP contribution in [-0.4, -0.2) is 78.4 Å². The van der Waals surface area contributed by atoms with Gasteiger partial charge in [-0.15, -0.1) is 0 Å². The summed E-state index contributed by atoms with van der Waals surface area (Å²) in [5.41, 5.74) is 3.23. The summed E-state index contributed by atoms with van der Waals surface area (Å²) in [5.74, 6) is -4.86. The number of carbonyl (C=O) groups is 2. The Hall–Kier alpha value is -4.81. The first-order valence-corrected chi connectivity index (χ1v) is 19.5. The van der Waals surface area contributed by atoms with Crippen LogP contribution >= 0.6 is 0 Å². The Morgan fingerprint density at radius 3 is 2.14 bits per heavy atom. The minimum Gasteiger partial charge on any atom is -0.493 e. The molecule has 1 saturated heterocycles. The summed E-state index contributed by atoms with van der Waals surface area (Å²) in [6.45, 7) is 15.6. The monoisotopic (exact) mass is 777 g/mol. The van der Waals surface area contributed by atoms with E-state index in [1.807, 2.05) is 44.2 Å². The Kier molecular flexibility index (Phi) is 13.9. The number of amides is 1. The van der Waals surface area contributed by atoms with Crippen molar-refractivity contribution in [2.45, 2.75) is 104 Å². The normalized spacial score (nSPS) is 17.3. The highest BCUT2D eigenvalue weighted by molar-refractivity contribution is 6.02. The number of nitrogens with zero attached hydrogens (tertiary/aromatic N) is 1. The molecule has 1 heterocycles. The molecule has 5 rings (SSSR count). The molecule has 0 unspecified atom stereocenters. The first kappa shape index (κ1) is 42.3. The largest absolute Gasteiger partial charge is 0.493 e. The summed E-state index contributed by atoms with van der Waals surface area (Å²) < 4.78 is 62.8. The molecule has 56 heavy (non-hydrogen) atoms. The average molecular weight is 778 g/mol. The molecule has 1 aliphatic rings. The van der Waals surface area contributed by atoms with Crippen molar-refractivity contribution in [2.24, 2.45) is 0 Å². The number of rotatable bonds is 17. The maximum absolute atomic E-state index is 15.5. The lowest BCUT2D eigenvalue weighted by molar-refractivity contribution is -0.139. The molecule has 4 aromatic carbocycles. The lowest BCUT2D eigenvalue weighted by Crippen LogP contribution is -2.44. The van der Waals surface area contributed by atoms with Gasteiger partial charge >= 0.3 is 5.97 Å². The van der Waals surface area contributed by atoms with Crippen LogP contribution in [0.4, 0.5) is 18.9 Å². The lowest BCUT2D eigenvalue weighted by atomic mass is 9.91. The SMILES string of the molecule is CCOc1cc(CN2C[C@@H](C)O[C@@H](C)C2)cc(OCC)c1-c1cccc2c(C[C@H](NC(=O)c3c(C)cc(N[C@H](CC)C(F)(F)CC)cc3F)C(=O)O)cccc12. The Balaban J connectivity index is 1.45. The van der Waals surface area contributed by atoms with Gasteiger partial charge in [0, 0.05) is 38.2 Å². The van der Waals surface area contributed by atoms with Gasteiger partial charge in [0.1, 0.15) is 23.4 Å². The molecule has 0 spiro atoms. The van der Waals surface area contributed by atoms with Crippen LogP contribution in [0.15, 0.2) is 60.7 Å². The van der Waals surface area contributed by atoms with Crippen LogP contribution in [0.2, 0.25) is 0 Å². The molecule has 4 aromatic rings. The van der Waals surface area contributed by atoms with E-state index < -0.39 is 35.7 Å². The third-order valence-electron chi connectivity index (χ3n) is 10.2. The van der Waals surface area contributed by atoms with E-state index in [4.69, 9.17) is 14.2 Å². The fourth-order valence-corrected chi connectivity index (χ4v) is 7.70. The van der Waals surface area contributed by atoms with Gasteiger partial charge in [0.25, 0.3) is 11.8 Å². The summed E-state index contributed by atoms with van der Waals surface area (Å²) in [6.07, 6.45) is -0.142. The van der Waals surface area contributed by atoms with E-state index in [9.17, 15) is 23.5 Å². The number of hydrogen-bond acceptors (Lipinski definition) is 7. The number of anilines is 1. The smallest absolute Gasteiger partial charge is 0.326 e. The van der Waals surface area contributed by atoms with Crippen LogP contribution in [0.5, 0.6) is 11.5 Å². The molecule has 12 heteroatoms. The van der Waals surface area contributed by atoms with Gasteiger partial charge in [0.15, 0.2) is 0 Å². The maximum Gasteiger partial charge on any atom is 0.326 e. The summed E-state index contributed by atoms with van der Waals surface area (Å²) in [4.78, 5) is 28.5. The second kappa shape index (κ2) is 18.4. The number of benzene rings is 4. The standard InChI is InChI=1S/C44H54F3N3O6/c1-8-39(44(46,47)9-2)48-31-18-26(5)40(35(45)22-31)42(51)49-36(43(52)53)21-30-14-12-16-33-32(30)15-13-17-34(33)41-37(54-10-3)19-29(20-38(41)55-11-4)25-50-23-27(6)56-28(7)24-50/h12-20,22,27-28,36,39,48H,8-11,21,23-25H2,1-7H3,(H,49,51)(H,52,53)/t27-,28+,36-,39+/m0/s1. The van der Waals surface area contributed by atoms with E-state index in [0.29, 0.717) is 36.8 Å². The molecule has 1 amide bonds. The molecule has 0 aliphatic carbocycles. The molecule has 0 saturated carbocycles. The molecule has 9 nitrogen and oxygen atoms in total. The predicted octanol–water partition coefficient (Wildman–Crippen LogP) is 9.02. The van der Waals surface area contributed by atoms with E-state index >= 15 is 4.39 Å². The van der Waals surface area contributed by atoms with Gasteiger partial charge in [-0.05, 0) is 98.3 Å². The minimum absolute atomic E-state index is 0.0988. The van der Waals surface area contributed by atoms with Gasteiger partial charge in [-0.25, -0.2) is 18.0 Å². The van der Waals surface area contributed by atoms with Crippen molar-refractivity contribution in [2.75, 3.05) is 31.6 Å². The van der Waals surface area contributed by atoms with Crippen LogP contribution in [0.25, 0.3) is 21.9 Å². The Morgan fingerprint density at radius 2 is 1.57 bits per heavy atom. The summed E-state index contributed by atoms with van der Waals surface area (Å²) >= 11 is 0. The topological polar surface area (TPSA) is 109 Å². The minimum atomic E-state index is -3.02. The second-order valence-electron chi connectivity index (χ2n) is 14.5. The van der Waals surface area contributed by atoms with Gasteiger partial charge in [-0.1, -0.05) is 50.2 Å².